The molecule has 0 unspecified atom stereocenters. The molecule has 0 aromatic heterocycles. The van der Waals surface area contributed by atoms with Crippen molar-refractivity contribution in [3.05, 3.63) is 106 Å². The van der Waals surface area contributed by atoms with Gasteiger partial charge in [-0.3, -0.25) is 9.59 Å². The van der Waals surface area contributed by atoms with Gasteiger partial charge in [0.2, 0.25) is 0 Å². The molecule has 0 bridgehead atoms. The first-order valence-corrected chi connectivity index (χ1v) is 10.6. The van der Waals surface area contributed by atoms with Crippen LogP contribution in [0.5, 0.6) is 5.75 Å². The summed E-state index contributed by atoms with van der Waals surface area (Å²) in [7, 11) is 0. The molecule has 0 saturated carbocycles. The second-order valence-corrected chi connectivity index (χ2v) is 8.14. The van der Waals surface area contributed by atoms with Gasteiger partial charge in [0.05, 0.1) is 11.6 Å². The van der Waals surface area contributed by atoms with Gasteiger partial charge < -0.3 is 15.1 Å². The van der Waals surface area contributed by atoms with Gasteiger partial charge in [0.15, 0.2) is 0 Å². The molecule has 1 aliphatic rings. The first-order valence-electron chi connectivity index (χ1n) is 10.6. The third-order valence-electron chi connectivity index (χ3n) is 5.86. The van der Waals surface area contributed by atoms with Crippen molar-refractivity contribution in [3.8, 4) is 5.75 Å². The molecule has 1 amide bonds. The van der Waals surface area contributed by atoms with E-state index in [9.17, 15) is 19.8 Å². The molecule has 0 radical (unpaired) electrons. The molecule has 3 aromatic carbocycles. The Balaban J connectivity index is 1.83. The monoisotopic (exact) mass is 427 g/mol. The van der Waals surface area contributed by atoms with Crippen LogP contribution in [0.15, 0.2) is 78.4 Å². The highest BCUT2D eigenvalue weighted by Crippen LogP contribution is 2.40. The molecular formula is C27H25NO4. The van der Waals surface area contributed by atoms with Crippen molar-refractivity contribution in [3.63, 3.8) is 0 Å². The van der Waals surface area contributed by atoms with Crippen molar-refractivity contribution in [2.45, 2.75) is 26.3 Å². The van der Waals surface area contributed by atoms with Crippen LogP contribution in [-0.4, -0.2) is 33.3 Å². The minimum atomic E-state index is -0.786. The third-order valence-corrected chi connectivity index (χ3v) is 5.86. The molecule has 1 atom stereocenters. The Bertz CT molecular complexity index is 1210. The van der Waals surface area contributed by atoms with E-state index in [0.717, 1.165) is 16.7 Å². The Labute approximate surface area is 187 Å². The van der Waals surface area contributed by atoms with E-state index in [4.69, 9.17) is 0 Å². The van der Waals surface area contributed by atoms with Crippen LogP contribution in [0.1, 0.15) is 33.9 Å². The number of ketones is 1. The van der Waals surface area contributed by atoms with Gasteiger partial charge in [-0.15, -0.1) is 0 Å². The van der Waals surface area contributed by atoms with Crippen LogP contribution in [0.4, 0.5) is 0 Å². The quantitative estimate of drug-likeness (QED) is 0.352. The molecule has 2 N–H and O–H groups in total. The summed E-state index contributed by atoms with van der Waals surface area (Å²) in [6.45, 7) is 4.06. The summed E-state index contributed by atoms with van der Waals surface area (Å²) in [6, 6.07) is 21.0. The Kier molecular flexibility index (Phi) is 5.82. The fraction of sp³-hybridized carbons (Fsp3) is 0.185. The summed E-state index contributed by atoms with van der Waals surface area (Å²) in [6.07, 6.45) is 0.562. The predicted octanol–water partition coefficient (Wildman–Crippen LogP) is 4.67. The number of likely N-dealkylation sites (tertiary alicyclic amines) is 1. The van der Waals surface area contributed by atoms with E-state index in [1.54, 1.807) is 12.1 Å². The van der Waals surface area contributed by atoms with Gasteiger partial charge in [0, 0.05) is 12.1 Å². The Morgan fingerprint density at radius 3 is 2.41 bits per heavy atom. The van der Waals surface area contributed by atoms with Crippen molar-refractivity contribution in [1.29, 1.82) is 0 Å². The lowest BCUT2D eigenvalue weighted by atomic mass is 9.93. The van der Waals surface area contributed by atoms with Crippen molar-refractivity contribution < 1.29 is 19.8 Å². The molecule has 3 aromatic rings. The largest absolute Gasteiger partial charge is 0.508 e. The number of hydrogen-bond acceptors (Lipinski definition) is 4. The van der Waals surface area contributed by atoms with Crippen LogP contribution in [0.2, 0.25) is 0 Å². The number of amides is 1. The van der Waals surface area contributed by atoms with Gasteiger partial charge >= 0.3 is 0 Å². The number of carbonyl (C=O) groups excluding carboxylic acids is 2. The Hall–Kier alpha value is -3.86. The molecular weight excluding hydrogens is 402 g/mol. The molecule has 5 nitrogen and oxygen atoms in total. The number of aromatic hydroxyl groups is 1. The lowest BCUT2D eigenvalue weighted by molar-refractivity contribution is -0.139. The van der Waals surface area contributed by atoms with Crippen LogP contribution in [0.3, 0.4) is 0 Å². The Morgan fingerprint density at radius 1 is 0.938 bits per heavy atom. The van der Waals surface area contributed by atoms with E-state index in [1.807, 2.05) is 62.4 Å². The maximum absolute atomic E-state index is 13.1. The number of hydrogen-bond donors (Lipinski definition) is 2. The molecule has 0 aliphatic carbocycles. The number of phenols is 1. The number of phenolic OH excluding ortho intramolecular Hbond substituents is 1. The van der Waals surface area contributed by atoms with E-state index in [1.165, 1.54) is 17.0 Å². The summed E-state index contributed by atoms with van der Waals surface area (Å²) >= 11 is 0. The van der Waals surface area contributed by atoms with Gasteiger partial charge in [-0.2, -0.15) is 0 Å². The molecule has 32 heavy (non-hydrogen) atoms. The number of benzene rings is 3. The van der Waals surface area contributed by atoms with Gasteiger partial charge in [-0.25, -0.2) is 0 Å². The lowest BCUT2D eigenvalue weighted by Gasteiger charge is -2.25. The SMILES string of the molecule is Cc1ccc(C)c(C(O)=C2C(=O)C(=O)N(CCc3ccccc3)[C@@H]2c2cccc(O)c2)c1. The zero-order valence-corrected chi connectivity index (χ0v) is 18.1. The topological polar surface area (TPSA) is 77.8 Å². The molecule has 1 fully saturated rings. The third kappa shape index (κ3) is 4.02. The molecule has 162 valence electrons. The summed E-state index contributed by atoms with van der Waals surface area (Å²) in [5.74, 6) is -1.53. The molecule has 1 aliphatic heterocycles. The molecule has 4 rings (SSSR count). The predicted molar refractivity (Wildman–Crippen MR) is 123 cm³/mol. The second-order valence-electron chi connectivity index (χ2n) is 8.14. The minimum Gasteiger partial charge on any atom is -0.508 e. The first-order chi connectivity index (χ1) is 15.4. The average molecular weight is 428 g/mol. The molecule has 0 spiro atoms. The normalized spacial score (nSPS) is 17.7. The zero-order valence-electron chi connectivity index (χ0n) is 18.1. The highest BCUT2D eigenvalue weighted by molar-refractivity contribution is 6.46. The molecule has 1 heterocycles. The summed E-state index contributed by atoms with van der Waals surface area (Å²) in [5.41, 5.74) is 3.92. The van der Waals surface area contributed by atoms with Gasteiger partial charge in [-0.1, -0.05) is 60.2 Å². The number of rotatable bonds is 5. The Morgan fingerprint density at radius 2 is 1.69 bits per heavy atom. The van der Waals surface area contributed by atoms with Gasteiger partial charge in [0.25, 0.3) is 11.7 Å². The van der Waals surface area contributed by atoms with Crippen molar-refractivity contribution in [1.82, 2.24) is 4.90 Å². The molecule has 1 saturated heterocycles. The smallest absolute Gasteiger partial charge is 0.295 e. The van der Waals surface area contributed by atoms with E-state index in [0.29, 0.717) is 24.1 Å². The zero-order chi connectivity index (χ0) is 22.8. The maximum Gasteiger partial charge on any atom is 0.295 e. The van der Waals surface area contributed by atoms with Crippen LogP contribution in [-0.2, 0) is 16.0 Å². The average Bonchev–Trinajstić information content (AvgIpc) is 3.04. The van der Waals surface area contributed by atoms with Crippen LogP contribution in [0, 0.1) is 13.8 Å². The number of nitrogens with zero attached hydrogens (tertiary/aromatic N) is 1. The summed E-state index contributed by atoms with van der Waals surface area (Å²) in [5, 5.41) is 21.3. The van der Waals surface area contributed by atoms with Crippen LogP contribution >= 0.6 is 0 Å². The van der Waals surface area contributed by atoms with E-state index in [2.05, 4.69) is 0 Å². The van der Waals surface area contributed by atoms with Crippen molar-refractivity contribution in [2.24, 2.45) is 0 Å². The number of carbonyl (C=O) groups is 2. The fourth-order valence-electron chi connectivity index (χ4n) is 4.18. The summed E-state index contributed by atoms with van der Waals surface area (Å²) < 4.78 is 0. The van der Waals surface area contributed by atoms with E-state index >= 15 is 0 Å². The number of aliphatic hydroxyl groups excluding tert-OH is 1. The molecule has 5 heteroatoms. The van der Waals surface area contributed by atoms with Crippen LogP contribution < -0.4 is 0 Å². The van der Waals surface area contributed by atoms with Crippen molar-refractivity contribution >= 4 is 17.4 Å². The first kappa shape index (κ1) is 21.4. The van der Waals surface area contributed by atoms with Crippen molar-refractivity contribution in [2.75, 3.05) is 6.54 Å². The van der Waals surface area contributed by atoms with Gasteiger partial charge in [-0.05, 0) is 55.2 Å². The summed E-state index contributed by atoms with van der Waals surface area (Å²) in [4.78, 5) is 27.7. The highest BCUT2D eigenvalue weighted by Gasteiger charge is 2.46. The standard InChI is InChI=1S/C27H25NO4/c1-17-11-12-18(2)22(15-17)25(30)23-24(20-9-6-10-21(29)16-20)28(27(32)26(23)31)14-13-19-7-4-3-5-8-19/h3-12,15-16,24,29-30H,13-14H2,1-2H3/t24-/m1/s1. The maximum atomic E-state index is 13.1. The highest BCUT2D eigenvalue weighted by atomic mass is 16.3. The minimum absolute atomic E-state index is 0.0304. The van der Waals surface area contributed by atoms with E-state index < -0.39 is 17.7 Å². The number of aryl methyl sites for hydroxylation is 2. The number of Topliss-reactive ketones (excluding diaryl/α,β-unsaturated/α-hetero) is 1. The fourth-order valence-corrected chi connectivity index (χ4v) is 4.18. The van der Waals surface area contributed by atoms with E-state index in [-0.39, 0.29) is 17.1 Å². The van der Waals surface area contributed by atoms with Gasteiger partial charge in [0.1, 0.15) is 11.5 Å². The van der Waals surface area contributed by atoms with Crippen LogP contribution in [0.25, 0.3) is 5.76 Å². The lowest BCUT2D eigenvalue weighted by Crippen LogP contribution is -2.31. The number of aliphatic hydroxyl groups is 1. The second kappa shape index (κ2) is 8.71.